The third kappa shape index (κ3) is 3.21. The normalized spacial score (nSPS) is 12.0. The van der Waals surface area contributed by atoms with Crippen molar-refractivity contribution in [2.24, 2.45) is 0 Å². The maximum Gasteiger partial charge on any atom is 0.215 e. The minimum atomic E-state index is -3.14. The number of anilines is 1. The number of sulfonamides is 1. The van der Waals surface area contributed by atoms with E-state index in [-0.39, 0.29) is 5.75 Å². The largest absolute Gasteiger partial charge is 0.355 e. The summed E-state index contributed by atoms with van der Waals surface area (Å²) >= 11 is 0. The fraction of sp³-hybridized carbons (Fsp3) is 0.667. The van der Waals surface area contributed by atoms with Crippen LogP contribution in [0.3, 0.4) is 0 Å². The first kappa shape index (κ1) is 13.0. The highest BCUT2D eigenvalue weighted by Gasteiger charge is 2.13. The van der Waals surface area contributed by atoms with E-state index in [4.69, 9.17) is 0 Å². The van der Waals surface area contributed by atoms with Gasteiger partial charge >= 0.3 is 0 Å². The number of rotatable bonds is 6. The van der Waals surface area contributed by atoms with Crippen LogP contribution in [-0.2, 0) is 16.6 Å². The molecule has 1 aromatic heterocycles. The Bertz CT molecular complexity index is 424. The SMILES string of the molecule is CCn1ccnc1NCCS(=O)(=O)N(C)C. The molecule has 0 fully saturated rings. The van der Waals surface area contributed by atoms with Crippen LogP contribution >= 0.6 is 0 Å². The molecule has 1 rings (SSSR count). The van der Waals surface area contributed by atoms with Crippen LogP contribution in [0, 0.1) is 0 Å². The molecule has 1 aromatic rings. The molecule has 0 spiro atoms. The van der Waals surface area contributed by atoms with Gasteiger partial charge in [0.05, 0.1) is 5.75 Å². The highest BCUT2D eigenvalue weighted by molar-refractivity contribution is 7.89. The van der Waals surface area contributed by atoms with Crippen molar-refractivity contribution in [2.45, 2.75) is 13.5 Å². The highest BCUT2D eigenvalue weighted by Crippen LogP contribution is 2.03. The van der Waals surface area contributed by atoms with Crippen LogP contribution < -0.4 is 5.32 Å². The molecule has 7 heteroatoms. The van der Waals surface area contributed by atoms with Gasteiger partial charge in [0, 0.05) is 39.6 Å². The average Bonchev–Trinajstić information content (AvgIpc) is 2.64. The zero-order valence-corrected chi connectivity index (χ0v) is 10.7. The molecule has 0 aliphatic heterocycles. The van der Waals surface area contributed by atoms with Gasteiger partial charge in [-0.25, -0.2) is 17.7 Å². The number of hydrogen-bond donors (Lipinski definition) is 1. The number of hydrogen-bond acceptors (Lipinski definition) is 4. The molecule has 6 nitrogen and oxygen atoms in total. The van der Waals surface area contributed by atoms with Crippen molar-refractivity contribution in [3.63, 3.8) is 0 Å². The van der Waals surface area contributed by atoms with Gasteiger partial charge in [-0.1, -0.05) is 0 Å². The van der Waals surface area contributed by atoms with E-state index in [9.17, 15) is 8.42 Å². The van der Waals surface area contributed by atoms with Crippen LogP contribution in [0.4, 0.5) is 5.95 Å². The van der Waals surface area contributed by atoms with Crippen molar-refractivity contribution in [1.29, 1.82) is 0 Å². The van der Waals surface area contributed by atoms with Gasteiger partial charge < -0.3 is 9.88 Å². The minimum absolute atomic E-state index is 0.0660. The van der Waals surface area contributed by atoms with Gasteiger partial charge in [-0.05, 0) is 6.92 Å². The zero-order chi connectivity index (χ0) is 12.2. The summed E-state index contributed by atoms with van der Waals surface area (Å²) in [5, 5.41) is 3.00. The highest BCUT2D eigenvalue weighted by atomic mass is 32.2. The van der Waals surface area contributed by atoms with Crippen molar-refractivity contribution in [2.75, 3.05) is 31.7 Å². The van der Waals surface area contributed by atoms with Crippen LogP contribution in [0.5, 0.6) is 0 Å². The van der Waals surface area contributed by atoms with Crippen molar-refractivity contribution in [3.8, 4) is 0 Å². The average molecular weight is 246 g/mol. The van der Waals surface area contributed by atoms with Gasteiger partial charge in [-0.15, -0.1) is 0 Å². The molecule has 0 saturated heterocycles. The molecular weight excluding hydrogens is 228 g/mol. The van der Waals surface area contributed by atoms with E-state index < -0.39 is 10.0 Å². The molecule has 0 unspecified atom stereocenters. The molecule has 1 heterocycles. The van der Waals surface area contributed by atoms with Crippen LogP contribution in [0.25, 0.3) is 0 Å². The van der Waals surface area contributed by atoms with Gasteiger partial charge in [-0.3, -0.25) is 0 Å². The lowest BCUT2D eigenvalue weighted by molar-refractivity contribution is 0.521. The maximum absolute atomic E-state index is 11.5. The summed E-state index contributed by atoms with van der Waals surface area (Å²) < 4.78 is 26.1. The molecule has 0 saturated carbocycles. The van der Waals surface area contributed by atoms with Crippen LogP contribution in [0.1, 0.15) is 6.92 Å². The Balaban J connectivity index is 2.48. The van der Waals surface area contributed by atoms with E-state index >= 15 is 0 Å². The van der Waals surface area contributed by atoms with Crippen LogP contribution in [-0.4, -0.2) is 48.7 Å². The molecule has 0 radical (unpaired) electrons. The second-order valence-electron chi connectivity index (χ2n) is 3.56. The Morgan fingerprint density at radius 2 is 2.19 bits per heavy atom. The molecule has 0 aliphatic carbocycles. The lowest BCUT2D eigenvalue weighted by atomic mass is 10.7. The van der Waals surface area contributed by atoms with E-state index in [1.807, 2.05) is 17.7 Å². The first-order chi connectivity index (χ1) is 7.47. The maximum atomic E-state index is 11.5. The summed E-state index contributed by atoms with van der Waals surface area (Å²) in [6, 6.07) is 0. The smallest absolute Gasteiger partial charge is 0.215 e. The summed E-state index contributed by atoms with van der Waals surface area (Å²) in [5.74, 6) is 0.771. The molecular formula is C9H18N4O2S. The van der Waals surface area contributed by atoms with E-state index in [0.717, 1.165) is 6.54 Å². The van der Waals surface area contributed by atoms with Crippen molar-refractivity contribution in [1.82, 2.24) is 13.9 Å². The van der Waals surface area contributed by atoms with Gasteiger partial charge in [0.2, 0.25) is 16.0 Å². The summed E-state index contributed by atoms with van der Waals surface area (Å²) in [4.78, 5) is 4.09. The number of aryl methyl sites for hydroxylation is 1. The van der Waals surface area contributed by atoms with E-state index in [0.29, 0.717) is 12.5 Å². The monoisotopic (exact) mass is 246 g/mol. The lowest BCUT2D eigenvalue weighted by Gasteiger charge is -2.12. The van der Waals surface area contributed by atoms with Crippen molar-refractivity contribution < 1.29 is 8.42 Å². The van der Waals surface area contributed by atoms with Crippen molar-refractivity contribution in [3.05, 3.63) is 12.4 Å². The number of nitrogens with one attached hydrogen (secondary N) is 1. The minimum Gasteiger partial charge on any atom is -0.355 e. The van der Waals surface area contributed by atoms with E-state index in [1.54, 1.807) is 6.20 Å². The molecule has 0 amide bonds. The standard InChI is InChI=1S/C9H18N4O2S/c1-4-13-7-5-10-9(13)11-6-8-16(14,15)12(2)3/h5,7H,4,6,8H2,1-3H3,(H,10,11). The fourth-order valence-corrected chi connectivity index (χ4v) is 1.93. The van der Waals surface area contributed by atoms with Gasteiger partial charge in [-0.2, -0.15) is 0 Å². The molecule has 1 N–H and O–H groups in total. The molecule has 16 heavy (non-hydrogen) atoms. The number of aromatic nitrogens is 2. The Morgan fingerprint density at radius 1 is 1.50 bits per heavy atom. The Labute approximate surface area is 96.3 Å². The summed E-state index contributed by atoms with van der Waals surface area (Å²) in [6.07, 6.45) is 3.54. The third-order valence-corrected chi connectivity index (χ3v) is 4.09. The second-order valence-corrected chi connectivity index (χ2v) is 5.86. The number of imidazole rings is 1. The Hall–Kier alpha value is -1.08. The first-order valence-corrected chi connectivity index (χ1v) is 6.73. The third-order valence-electron chi connectivity index (χ3n) is 2.26. The molecule has 92 valence electrons. The summed E-state index contributed by atoms with van der Waals surface area (Å²) in [7, 11) is -0.0770. The van der Waals surface area contributed by atoms with Gasteiger partial charge in [0.1, 0.15) is 0 Å². The van der Waals surface area contributed by atoms with Gasteiger partial charge in [0.25, 0.3) is 0 Å². The summed E-state index contributed by atoms with van der Waals surface area (Å²) in [6.45, 7) is 3.17. The summed E-state index contributed by atoms with van der Waals surface area (Å²) in [5.41, 5.74) is 0. The lowest BCUT2D eigenvalue weighted by Crippen LogP contribution is -2.28. The topological polar surface area (TPSA) is 67.2 Å². The van der Waals surface area contributed by atoms with Crippen LogP contribution in [0.15, 0.2) is 12.4 Å². The number of nitrogens with zero attached hydrogens (tertiary/aromatic N) is 3. The van der Waals surface area contributed by atoms with Crippen molar-refractivity contribution >= 4 is 16.0 Å². The predicted octanol–water partition coefficient (Wildman–Crippen LogP) is 0.206. The van der Waals surface area contributed by atoms with E-state index in [1.165, 1.54) is 18.4 Å². The van der Waals surface area contributed by atoms with E-state index in [2.05, 4.69) is 10.3 Å². The van der Waals surface area contributed by atoms with Gasteiger partial charge in [0.15, 0.2) is 0 Å². The molecule has 0 aliphatic rings. The molecule has 0 bridgehead atoms. The zero-order valence-electron chi connectivity index (χ0n) is 9.84. The fourth-order valence-electron chi connectivity index (χ4n) is 1.21. The molecule has 0 aromatic carbocycles. The Kier molecular flexibility index (Phi) is 4.31. The quantitative estimate of drug-likeness (QED) is 0.779. The molecule has 0 atom stereocenters. The Morgan fingerprint density at radius 3 is 2.75 bits per heavy atom. The van der Waals surface area contributed by atoms with Crippen LogP contribution in [0.2, 0.25) is 0 Å². The first-order valence-electron chi connectivity index (χ1n) is 5.12. The second kappa shape index (κ2) is 5.31. The predicted molar refractivity (Wildman–Crippen MR) is 63.9 cm³/mol.